The summed E-state index contributed by atoms with van der Waals surface area (Å²) in [6.45, 7) is 0.420. The molecule has 35 heavy (non-hydrogen) atoms. The summed E-state index contributed by atoms with van der Waals surface area (Å²) in [5.41, 5.74) is 3.32. The molecule has 1 aliphatic rings. The van der Waals surface area contributed by atoms with Gasteiger partial charge < -0.3 is 14.2 Å². The molecule has 0 saturated heterocycles. The second-order valence-electron chi connectivity index (χ2n) is 8.07. The number of nitrogens with zero attached hydrogens (tertiary/aromatic N) is 2. The molecule has 3 aromatic carbocycles. The van der Waals surface area contributed by atoms with Gasteiger partial charge in [-0.3, -0.25) is 4.98 Å². The van der Waals surface area contributed by atoms with Crippen LogP contribution in [0.25, 0.3) is 22.0 Å². The SMILES string of the molecule is COc1ccc(Cl)cc1S(=O)(=O)N1CCOc2c(cc(-c3cnc4ccccc4c3)cc2OC)C1. The molecule has 0 aliphatic carbocycles. The van der Waals surface area contributed by atoms with Crippen molar-refractivity contribution in [1.82, 2.24) is 9.29 Å². The molecule has 0 amide bonds. The van der Waals surface area contributed by atoms with Gasteiger partial charge in [0.15, 0.2) is 11.5 Å². The Labute approximate surface area is 208 Å². The molecule has 4 aromatic rings. The van der Waals surface area contributed by atoms with Gasteiger partial charge in [0.1, 0.15) is 17.3 Å². The maximum absolute atomic E-state index is 13.6. The topological polar surface area (TPSA) is 78.0 Å². The Balaban J connectivity index is 1.58. The number of methoxy groups -OCH3 is 2. The molecule has 0 N–H and O–H groups in total. The van der Waals surface area contributed by atoms with E-state index >= 15 is 0 Å². The van der Waals surface area contributed by atoms with Crippen molar-refractivity contribution in [1.29, 1.82) is 0 Å². The smallest absolute Gasteiger partial charge is 0.247 e. The minimum absolute atomic E-state index is 0.0119. The second kappa shape index (κ2) is 9.37. The van der Waals surface area contributed by atoms with E-state index in [2.05, 4.69) is 4.98 Å². The molecule has 0 unspecified atom stereocenters. The first kappa shape index (κ1) is 23.4. The number of benzene rings is 3. The average Bonchev–Trinajstić information content (AvgIpc) is 3.11. The van der Waals surface area contributed by atoms with E-state index in [9.17, 15) is 8.42 Å². The number of halogens is 1. The molecule has 5 rings (SSSR count). The minimum Gasteiger partial charge on any atom is -0.495 e. The molecule has 9 heteroatoms. The van der Waals surface area contributed by atoms with Crippen LogP contribution in [0.2, 0.25) is 5.02 Å². The highest BCUT2D eigenvalue weighted by Crippen LogP contribution is 2.40. The van der Waals surface area contributed by atoms with Gasteiger partial charge in [-0.1, -0.05) is 29.8 Å². The number of para-hydroxylation sites is 1. The van der Waals surface area contributed by atoms with E-state index < -0.39 is 10.0 Å². The van der Waals surface area contributed by atoms with Gasteiger partial charge in [0.2, 0.25) is 10.0 Å². The van der Waals surface area contributed by atoms with Crippen molar-refractivity contribution in [3.05, 3.63) is 77.4 Å². The van der Waals surface area contributed by atoms with Crippen molar-refractivity contribution in [3.63, 3.8) is 0 Å². The van der Waals surface area contributed by atoms with Gasteiger partial charge in [-0.25, -0.2) is 8.42 Å². The fourth-order valence-electron chi connectivity index (χ4n) is 4.20. The Kier molecular flexibility index (Phi) is 6.27. The number of ether oxygens (including phenoxy) is 3. The molecular formula is C26H23ClN2O5S. The minimum atomic E-state index is -3.93. The Morgan fingerprint density at radius 2 is 1.77 bits per heavy atom. The zero-order valence-electron chi connectivity index (χ0n) is 19.2. The van der Waals surface area contributed by atoms with Crippen molar-refractivity contribution >= 4 is 32.5 Å². The molecule has 0 saturated carbocycles. The van der Waals surface area contributed by atoms with Gasteiger partial charge >= 0.3 is 0 Å². The van der Waals surface area contributed by atoms with Crippen LogP contribution in [-0.4, -0.2) is 45.1 Å². The summed E-state index contributed by atoms with van der Waals surface area (Å²) in [5.74, 6) is 1.29. The Morgan fingerprint density at radius 1 is 0.971 bits per heavy atom. The van der Waals surface area contributed by atoms with Gasteiger partial charge in [-0.15, -0.1) is 0 Å². The van der Waals surface area contributed by atoms with E-state index in [1.165, 1.54) is 17.5 Å². The number of fused-ring (bicyclic) bond motifs is 2. The molecule has 0 radical (unpaired) electrons. The molecule has 0 spiro atoms. The van der Waals surface area contributed by atoms with E-state index in [4.69, 9.17) is 25.8 Å². The monoisotopic (exact) mass is 510 g/mol. The van der Waals surface area contributed by atoms with Crippen molar-refractivity contribution < 1.29 is 22.6 Å². The zero-order chi connectivity index (χ0) is 24.6. The van der Waals surface area contributed by atoms with Crippen LogP contribution >= 0.6 is 11.6 Å². The maximum Gasteiger partial charge on any atom is 0.247 e. The van der Waals surface area contributed by atoms with Crippen LogP contribution in [0.15, 0.2) is 71.8 Å². The van der Waals surface area contributed by atoms with Crippen LogP contribution in [0.4, 0.5) is 0 Å². The van der Waals surface area contributed by atoms with E-state index in [0.717, 1.165) is 22.0 Å². The first-order chi connectivity index (χ1) is 16.9. The maximum atomic E-state index is 13.6. The quantitative estimate of drug-likeness (QED) is 0.369. The van der Waals surface area contributed by atoms with Crippen LogP contribution in [-0.2, 0) is 16.6 Å². The fourth-order valence-corrected chi connectivity index (χ4v) is 6.02. The van der Waals surface area contributed by atoms with Crippen LogP contribution < -0.4 is 14.2 Å². The van der Waals surface area contributed by atoms with Crippen molar-refractivity contribution in [2.75, 3.05) is 27.4 Å². The highest BCUT2D eigenvalue weighted by atomic mass is 35.5. The predicted octanol–water partition coefficient (Wildman–Crippen LogP) is 5.16. The van der Waals surface area contributed by atoms with Crippen LogP contribution in [0.1, 0.15) is 5.56 Å². The summed E-state index contributed by atoms with van der Waals surface area (Å²) < 4.78 is 45.5. The molecule has 0 fully saturated rings. The van der Waals surface area contributed by atoms with E-state index in [0.29, 0.717) is 22.1 Å². The van der Waals surface area contributed by atoms with E-state index in [1.807, 2.05) is 42.5 Å². The van der Waals surface area contributed by atoms with Crippen LogP contribution in [0.5, 0.6) is 17.2 Å². The van der Waals surface area contributed by atoms with Crippen LogP contribution in [0.3, 0.4) is 0 Å². The van der Waals surface area contributed by atoms with E-state index in [1.54, 1.807) is 25.4 Å². The largest absolute Gasteiger partial charge is 0.495 e. The third-order valence-electron chi connectivity index (χ3n) is 5.95. The number of sulfonamides is 1. The lowest BCUT2D eigenvalue weighted by atomic mass is 10.0. The lowest BCUT2D eigenvalue weighted by Gasteiger charge is -2.21. The van der Waals surface area contributed by atoms with Crippen LogP contribution in [0, 0.1) is 0 Å². The fraction of sp³-hybridized carbons (Fsp3) is 0.192. The van der Waals surface area contributed by atoms with Gasteiger partial charge in [-0.2, -0.15) is 4.31 Å². The van der Waals surface area contributed by atoms with Crippen molar-refractivity contribution in [2.24, 2.45) is 0 Å². The van der Waals surface area contributed by atoms with Gasteiger partial charge in [-0.05, 0) is 48.0 Å². The second-order valence-corrected chi connectivity index (χ2v) is 10.4. The molecule has 2 heterocycles. The third-order valence-corrected chi connectivity index (χ3v) is 8.05. The molecule has 1 aromatic heterocycles. The van der Waals surface area contributed by atoms with Gasteiger partial charge in [0, 0.05) is 40.8 Å². The van der Waals surface area contributed by atoms with Gasteiger partial charge in [0.25, 0.3) is 0 Å². The molecule has 7 nitrogen and oxygen atoms in total. The molecular weight excluding hydrogens is 488 g/mol. The Morgan fingerprint density at radius 3 is 2.57 bits per heavy atom. The standard InChI is InChI=1S/C26H23ClN2O5S/c1-32-23-8-7-21(27)14-25(23)35(30,31)29-9-10-34-26-20(16-29)12-18(13-24(26)33-2)19-11-17-5-3-4-6-22(17)28-15-19/h3-8,11-15H,9-10,16H2,1-2H3. The average molecular weight is 511 g/mol. The molecule has 1 aliphatic heterocycles. The first-order valence-electron chi connectivity index (χ1n) is 10.9. The summed E-state index contributed by atoms with van der Waals surface area (Å²) in [4.78, 5) is 4.57. The molecule has 0 atom stereocenters. The zero-order valence-corrected chi connectivity index (χ0v) is 20.8. The summed E-state index contributed by atoms with van der Waals surface area (Å²) in [7, 11) is -0.933. The number of hydrogen-bond acceptors (Lipinski definition) is 6. The molecule has 180 valence electrons. The van der Waals surface area contributed by atoms with Gasteiger partial charge in [0.05, 0.1) is 19.7 Å². The summed E-state index contributed by atoms with van der Waals surface area (Å²) in [6, 6.07) is 18.3. The normalized spacial score (nSPS) is 14.1. The Hall–Kier alpha value is -3.33. The summed E-state index contributed by atoms with van der Waals surface area (Å²) in [6.07, 6.45) is 1.80. The lowest BCUT2D eigenvalue weighted by Crippen LogP contribution is -2.32. The number of pyridine rings is 1. The summed E-state index contributed by atoms with van der Waals surface area (Å²) in [5, 5.41) is 1.32. The lowest BCUT2D eigenvalue weighted by molar-refractivity contribution is 0.279. The van der Waals surface area contributed by atoms with E-state index in [-0.39, 0.29) is 30.3 Å². The summed E-state index contributed by atoms with van der Waals surface area (Å²) >= 11 is 6.12. The molecule has 0 bridgehead atoms. The van der Waals surface area contributed by atoms with Crippen molar-refractivity contribution in [2.45, 2.75) is 11.4 Å². The number of aromatic nitrogens is 1. The number of rotatable bonds is 5. The Bertz CT molecular complexity index is 1520. The first-order valence-corrected chi connectivity index (χ1v) is 12.7. The predicted molar refractivity (Wildman–Crippen MR) is 135 cm³/mol. The highest BCUT2D eigenvalue weighted by molar-refractivity contribution is 7.89. The third kappa shape index (κ3) is 4.40. The number of hydrogen-bond donors (Lipinski definition) is 0. The van der Waals surface area contributed by atoms with Crippen molar-refractivity contribution in [3.8, 4) is 28.4 Å². The highest BCUT2D eigenvalue weighted by Gasteiger charge is 2.32.